The average molecular weight is 182 g/mol. The lowest BCUT2D eigenvalue weighted by Gasteiger charge is -2.36. The van der Waals surface area contributed by atoms with Gasteiger partial charge in [0.2, 0.25) is 0 Å². The summed E-state index contributed by atoms with van der Waals surface area (Å²) in [5.41, 5.74) is 0.0753. The quantitative estimate of drug-likeness (QED) is 0.609. The molecule has 2 unspecified atom stereocenters. The zero-order valence-electron chi connectivity index (χ0n) is 8.13. The summed E-state index contributed by atoms with van der Waals surface area (Å²) in [5, 5.41) is 0. The maximum Gasteiger partial charge on any atom is 0.0939 e. The molecule has 0 radical (unpaired) electrons. The van der Waals surface area contributed by atoms with Gasteiger partial charge in [0.25, 0.3) is 0 Å². The molecule has 2 fully saturated rings. The fraction of sp³-hybridized carbons (Fsp3) is 0.818. The van der Waals surface area contributed by atoms with Gasteiger partial charge in [0.05, 0.1) is 12.2 Å². The highest BCUT2D eigenvalue weighted by Crippen LogP contribution is 2.36. The third-order valence-corrected chi connectivity index (χ3v) is 3.16. The number of ether oxygens (including phenoxy) is 2. The summed E-state index contributed by atoms with van der Waals surface area (Å²) in [4.78, 5) is 0. The van der Waals surface area contributed by atoms with Gasteiger partial charge in [-0.3, -0.25) is 0 Å². The van der Waals surface area contributed by atoms with Crippen LogP contribution >= 0.6 is 0 Å². The van der Waals surface area contributed by atoms with Gasteiger partial charge in [0.1, 0.15) is 0 Å². The maximum absolute atomic E-state index is 5.84. The molecular weight excluding hydrogens is 164 g/mol. The molecule has 13 heavy (non-hydrogen) atoms. The van der Waals surface area contributed by atoms with Crippen molar-refractivity contribution in [3.8, 4) is 0 Å². The molecule has 0 aromatic heterocycles. The van der Waals surface area contributed by atoms with Crippen molar-refractivity contribution in [3.05, 3.63) is 12.7 Å². The first-order chi connectivity index (χ1) is 6.35. The molecule has 0 bridgehead atoms. The summed E-state index contributed by atoms with van der Waals surface area (Å²) in [7, 11) is 0. The van der Waals surface area contributed by atoms with Crippen LogP contribution in [-0.2, 0) is 9.47 Å². The van der Waals surface area contributed by atoms with E-state index in [0.717, 1.165) is 38.6 Å². The van der Waals surface area contributed by atoms with Gasteiger partial charge in [-0.15, -0.1) is 6.58 Å². The number of hydrogen-bond acceptors (Lipinski definition) is 2. The smallest absolute Gasteiger partial charge is 0.0939 e. The van der Waals surface area contributed by atoms with Gasteiger partial charge < -0.3 is 9.47 Å². The summed E-state index contributed by atoms with van der Waals surface area (Å²) in [6, 6.07) is 0. The predicted molar refractivity (Wildman–Crippen MR) is 51.7 cm³/mol. The monoisotopic (exact) mass is 182 g/mol. The Balaban J connectivity index is 1.94. The lowest BCUT2D eigenvalue weighted by Crippen LogP contribution is -2.40. The highest BCUT2D eigenvalue weighted by Gasteiger charge is 2.40. The zero-order valence-corrected chi connectivity index (χ0v) is 8.13. The van der Waals surface area contributed by atoms with E-state index in [1.807, 2.05) is 6.08 Å². The van der Waals surface area contributed by atoms with Gasteiger partial charge in [0.15, 0.2) is 0 Å². The lowest BCUT2D eigenvalue weighted by molar-refractivity contribution is -0.0972. The molecule has 0 N–H and O–H groups in total. The molecule has 0 amide bonds. The molecule has 2 heteroatoms. The number of allylic oxidation sites excluding steroid dienone is 1. The van der Waals surface area contributed by atoms with E-state index in [-0.39, 0.29) is 5.60 Å². The van der Waals surface area contributed by atoms with Crippen LogP contribution in [0.4, 0.5) is 0 Å². The molecule has 2 aliphatic heterocycles. The maximum atomic E-state index is 5.84. The highest BCUT2D eigenvalue weighted by molar-refractivity contribution is 4.91. The first kappa shape index (κ1) is 9.22. The molecular formula is C11H18O2. The normalized spacial score (nSPS) is 39.5. The summed E-state index contributed by atoms with van der Waals surface area (Å²) >= 11 is 0. The van der Waals surface area contributed by atoms with Gasteiger partial charge in [-0.25, -0.2) is 0 Å². The van der Waals surface area contributed by atoms with Crippen molar-refractivity contribution >= 4 is 0 Å². The zero-order chi connectivity index (χ0) is 9.15. The van der Waals surface area contributed by atoms with Crippen LogP contribution in [0.1, 0.15) is 25.7 Å². The Labute approximate surface area is 79.9 Å². The molecule has 74 valence electrons. The van der Waals surface area contributed by atoms with Crippen LogP contribution in [0.15, 0.2) is 12.7 Å². The molecule has 0 saturated carbocycles. The van der Waals surface area contributed by atoms with Gasteiger partial charge >= 0.3 is 0 Å². The third-order valence-electron chi connectivity index (χ3n) is 3.16. The minimum atomic E-state index is 0.0753. The van der Waals surface area contributed by atoms with Crippen LogP contribution < -0.4 is 0 Å². The molecule has 2 aliphatic rings. The van der Waals surface area contributed by atoms with E-state index < -0.39 is 0 Å². The Morgan fingerprint density at radius 3 is 3.08 bits per heavy atom. The molecule has 0 aromatic rings. The van der Waals surface area contributed by atoms with E-state index in [2.05, 4.69) is 6.58 Å². The van der Waals surface area contributed by atoms with Crippen molar-refractivity contribution in [2.45, 2.75) is 31.3 Å². The molecule has 2 heterocycles. The second-order valence-electron chi connectivity index (χ2n) is 4.22. The minimum absolute atomic E-state index is 0.0753. The third kappa shape index (κ3) is 1.94. The van der Waals surface area contributed by atoms with Crippen molar-refractivity contribution in [2.75, 3.05) is 19.8 Å². The molecule has 2 atom stereocenters. The van der Waals surface area contributed by atoms with Crippen LogP contribution in [0.3, 0.4) is 0 Å². The van der Waals surface area contributed by atoms with Crippen LogP contribution in [0, 0.1) is 5.92 Å². The molecule has 2 nitrogen and oxygen atoms in total. The first-order valence-corrected chi connectivity index (χ1v) is 5.17. The molecule has 0 aliphatic carbocycles. The average Bonchev–Trinajstić information content (AvgIpc) is 2.54. The fourth-order valence-electron chi connectivity index (χ4n) is 2.43. The van der Waals surface area contributed by atoms with E-state index in [0.29, 0.717) is 0 Å². The second kappa shape index (κ2) is 3.81. The van der Waals surface area contributed by atoms with Gasteiger partial charge in [-0.2, -0.15) is 0 Å². The molecule has 0 aromatic carbocycles. The van der Waals surface area contributed by atoms with E-state index in [1.54, 1.807) is 0 Å². The Kier molecular flexibility index (Phi) is 2.70. The highest BCUT2D eigenvalue weighted by atomic mass is 16.6. The van der Waals surface area contributed by atoms with Crippen LogP contribution in [0.5, 0.6) is 0 Å². The first-order valence-electron chi connectivity index (χ1n) is 5.17. The van der Waals surface area contributed by atoms with Crippen molar-refractivity contribution < 1.29 is 9.47 Å². The van der Waals surface area contributed by atoms with E-state index in [1.165, 1.54) is 12.8 Å². The SMILES string of the molecule is C=CCC1CCOC2(CCOC2)C1. The molecule has 1 spiro atoms. The molecule has 2 saturated heterocycles. The summed E-state index contributed by atoms with van der Waals surface area (Å²) in [5.74, 6) is 0.771. The van der Waals surface area contributed by atoms with E-state index >= 15 is 0 Å². The van der Waals surface area contributed by atoms with Gasteiger partial charge in [-0.05, 0) is 25.2 Å². The molecule has 2 rings (SSSR count). The Hall–Kier alpha value is -0.340. The standard InChI is InChI=1S/C11H18O2/c1-2-3-10-4-6-13-11(8-10)5-7-12-9-11/h2,10H,1,3-9H2. The van der Waals surface area contributed by atoms with Crippen molar-refractivity contribution in [3.63, 3.8) is 0 Å². The topological polar surface area (TPSA) is 18.5 Å². The largest absolute Gasteiger partial charge is 0.378 e. The second-order valence-corrected chi connectivity index (χ2v) is 4.22. The van der Waals surface area contributed by atoms with Crippen molar-refractivity contribution in [2.24, 2.45) is 5.92 Å². The Bertz CT molecular complexity index is 183. The summed E-state index contributed by atoms with van der Waals surface area (Å²) < 4.78 is 11.3. The van der Waals surface area contributed by atoms with E-state index in [9.17, 15) is 0 Å². The van der Waals surface area contributed by atoms with Crippen LogP contribution in [0.2, 0.25) is 0 Å². The number of hydrogen-bond donors (Lipinski definition) is 0. The summed E-state index contributed by atoms with van der Waals surface area (Å²) in [6.07, 6.45) is 6.60. The van der Waals surface area contributed by atoms with Gasteiger partial charge in [-0.1, -0.05) is 6.08 Å². The number of rotatable bonds is 2. The van der Waals surface area contributed by atoms with Crippen LogP contribution in [-0.4, -0.2) is 25.4 Å². The van der Waals surface area contributed by atoms with E-state index in [4.69, 9.17) is 9.47 Å². The lowest BCUT2D eigenvalue weighted by atomic mass is 9.83. The van der Waals surface area contributed by atoms with Crippen molar-refractivity contribution in [1.29, 1.82) is 0 Å². The Morgan fingerprint density at radius 1 is 1.46 bits per heavy atom. The summed E-state index contributed by atoms with van der Waals surface area (Å²) in [6.45, 7) is 6.38. The fourth-order valence-corrected chi connectivity index (χ4v) is 2.43. The van der Waals surface area contributed by atoms with Crippen LogP contribution in [0.25, 0.3) is 0 Å². The minimum Gasteiger partial charge on any atom is -0.378 e. The predicted octanol–water partition coefficient (Wildman–Crippen LogP) is 2.15. The van der Waals surface area contributed by atoms with Gasteiger partial charge in [0, 0.05) is 19.6 Å². The van der Waals surface area contributed by atoms with Crippen molar-refractivity contribution in [1.82, 2.24) is 0 Å². The Morgan fingerprint density at radius 2 is 2.38 bits per heavy atom.